The molecule has 0 bridgehead atoms. The predicted molar refractivity (Wildman–Crippen MR) is 103 cm³/mol. The largest absolute Gasteiger partial charge is 0.453 e. The third-order valence-corrected chi connectivity index (χ3v) is 4.41. The van der Waals surface area contributed by atoms with Crippen LogP contribution in [0.5, 0.6) is 11.6 Å². The number of amides is 1. The normalized spacial score (nSPS) is 14.9. The zero-order chi connectivity index (χ0) is 19.5. The number of carbonyl (C=O) groups excluding carboxylic acids is 2. The number of hydrogen-bond donors (Lipinski definition) is 1. The monoisotopic (exact) mass is 374 g/mol. The number of nitrogens with zero attached hydrogens (tertiary/aromatic N) is 1. The van der Waals surface area contributed by atoms with Gasteiger partial charge < -0.3 is 14.8 Å². The van der Waals surface area contributed by atoms with Gasteiger partial charge in [-0.1, -0.05) is 35.9 Å². The Kier molecular flexibility index (Phi) is 4.76. The average molecular weight is 374 g/mol. The van der Waals surface area contributed by atoms with Crippen molar-refractivity contribution < 1.29 is 19.1 Å². The van der Waals surface area contributed by atoms with Crippen LogP contribution in [0.2, 0.25) is 0 Å². The zero-order valence-electron chi connectivity index (χ0n) is 15.2. The fourth-order valence-electron chi connectivity index (χ4n) is 2.99. The van der Waals surface area contributed by atoms with Crippen LogP contribution in [0, 0.1) is 6.92 Å². The third kappa shape index (κ3) is 3.86. The molecule has 1 aliphatic heterocycles. The summed E-state index contributed by atoms with van der Waals surface area (Å²) in [6.45, 7) is 2.00. The average Bonchev–Trinajstić information content (AvgIpc) is 3.01. The lowest BCUT2D eigenvalue weighted by molar-refractivity contribution is -0.118. The maximum absolute atomic E-state index is 12.3. The summed E-state index contributed by atoms with van der Waals surface area (Å²) in [5.41, 5.74) is 2.94. The zero-order valence-corrected chi connectivity index (χ0v) is 15.2. The lowest BCUT2D eigenvalue weighted by Crippen LogP contribution is -2.15. The first-order valence-electron chi connectivity index (χ1n) is 8.89. The molecule has 0 aliphatic carbocycles. The first-order valence-corrected chi connectivity index (χ1v) is 8.89. The van der Waals surface area contributed by atoms with Crippen molar-refractivity contribution in [2.75, 3.05) is 5.32 Å². The minimum atomic E-state index is -0.569. The summed E-state index contributed by atoms with van der Waals surface area (Å²) < 4.78 is 11.0. The van der Waals surface area contributed by atoms with E-state index in [2.05, 4.69) is 10.3 Å². The molecule has 6 nitrogen and oxygen atoms in total. The summed E-state index contributed by atoms with van der Waals surface area (Å²) in [7, 11) is 0. The maximum Gasteiger partial charge on any atom is 0.339 e. The molecule has 1 N–H and O–H groups in total. The van der Waals surface area contributed by atoms with Gasteiger partial charge in [0.2, 0.25) is 11.8 Å². The molecule has 0 spiro atoms. The molecule has 0 radical (unpaired) electrons. The van der Waals surface area contributed by atoms with Crippen LogP contribution < -0.4 is 10.1 Å². The molecule has 1 aliphatic rings. The molecule has 1 amide bonds. The number of ether oxygens (including phenoxy) is 2. The van der Waals surface area contributed by atoms with Crippen molar-refractivity contribution in [1.29, 1.82) is 0 Å². The SMILES string of the molecule is Cc1ccc(Oc2ccc(NC(=O)C[C@@H]3OC(=O)c4ccccc43)cn2)cc1. The van der Waals surface area contributed by atoms with Crippen LogP contribution in [-0.4, -0.2) is 16.9 Å². The molecule has 2 heterocycles. The van der Waals surface area contributed by atoms with Crippen LogP contribution in [0.1, 0.15) is 34.0 Å². The van der Waals surface area contributed by atoms with Gasteiger partial charge in [0.1, 0.15) is 11.9 Å². The summed E-state index contributed by atoms with van der Waals surface area (Å²) in [4.78, 5) is 28.4. The first kappa shape index (κ1) is 17.7. The van der Waals surface area contributed by atoms with Crippen molar-refractivity contribution in [3.05, 3.63) is 83.6 Å². The molecule has 0 unspecified atom stereocenters. The van der Waals surface area contributed by atoms with E-state index in [-0.39, 0.29) is 12.3 Å². The minimum Gasteiger partial charge on any atom is -0.453 e. The number of benzene rings is 2. The molecule has 3 aromatic rings. The maximum atomic E-state index is 12.3. The quantitative estimate of drug-likeness (QED) is 0.669. The molecule has 0 saturated heterocycles. The van der Waals surface area contributed by atoms with Gasteiger partial charge in [-0.2, -0.15) is 0 Å². The van der Waals surface area contributed by atoms with Gasteiger partial charge in [-0.05, 0) is 31.2 Å². The van der Waals surface area contributed by atoms with Crippen molar-refractivity contribution in [3.8, 4) is 11.6 Å². The number of nitrogens with one attached hydrogen (secondary N) is 1. The fraction of sp³-hybridized carbons (Fsp3) is 0.136. The molecule has 2 aromatic carbocycles. The Morgan fingerprint density at radius 1 is 1.11 bits per heavy atom. The van der Waals surface area contributed by atoms with Crippen molar-refractivity contribution in [3.63, 3.8) is 0 Å². The number of rotatable bonds is 5. The first-order chi connectivity index (χ1) is 13.6. The standard InChI is InChI=1S/C22H18N2O4/c1-14-6-9-16(10-7-14)27-21-11-8-15(13-23-21)24-20(25)12-19-17-4-2-3-5-18(17)22(26)28-19/h2-11,13,19H,12H2,1H3,(H,24,25)/t19-/m0/s1. The summed E-state index contributed by atoms with van der Waals surface area (Å²) in [5, 5.41) is 2.76. The number of cyclic esters (lactones) is 1. The van der Waals surface area contributed by atoms with Crippen molar-refractivity contribution in [2.24, 2.45) is 0 Å². The van der Waals surface area contributed by atoms with Gasteiger partial charge in [0, 0.05) is 11.6 Å². The van der Waals surface area contributed by atoms with Gasteiger partial charge in [-0.25, -0.2) is 9.78 Å². The third-order valence-electron chi connectivity index (χ3n) is 4.41. The van der Waals surface area contributed by atoms with Gasteiger partial charge in [0.05, 0.1) is 23.9 Å². The Bertz CT molecular complexity index is 1010. The summed E-state index contributed by atoms with van der Waals surface area (Å²) in [6.07, 6.45) is 1.00. The topological polar surface area (TPSA) is 77.5 Å². The van der Waals surface area contributed by atoms with Crippen molar-refractivity contribution in [1.82, 2.24) is 4.98 Å². The van der Waals surface area contributed by atoms with Gasteiger partial charge in [0.25, 0.3) is 0 Å². The number of pyridine rings is 1. The highest BCUT2D eigenvalue weighted by Crippen LogP contribution is 2.33. The van der Waals surface area contributed by atoms with E-state index in [1.165, 1.54) is 6.20 Å². The van der Waals surface area contributed by atoms with Gasteiger partial charge in [-0.15, -0.1) is 0 Å². The molecular weight excluding hydrogens is 356 g/mol. The number of aryl methyl sites for hydroxylation is 1. The second-order valence-electron chi connectivity index (χ2n) is 6.53. The summed E-state index contributed by atoms with van der Waals surface area (Å²) in [5.74, 6) is 0.466. The van der Waals surface area contributed by atoms with Crippen LogP contribution in [-0.2, 0) is 9.53 Å². The molecule has 4 rings (SSSR count). The van der Waals surface area contributed by atoms with E-state index >= 15 is 0 Å². The lowest BCUT2D eigenvalue weighted by Gasteiger charge is -2.11. The second kappa shape index (κ2) is 7.52. The Labute approximate surface area is 162 Å². The Morgan fingerprint density at radius 3 is 2.64 bits per heavy atom. The highest BCUT2D eigenvalue weighted by Gasteiger charge is 2.32. The number of anilines is 1. The van der Waals surface area contributed by atoms with Gasteiger partial charge in [0.15, 0.2) is 0 Å². The van der Waals surface area contributed by atoms with Crippen LogP contribution in [0.3, 0.4) is 0 Å². The predicted octanol–water partition coefficient (Wildman–Crippen LogP) is 4.42. The molecule has 0 fully saturated rings. The van der Waals surface area contributed by atoms with E-state index in [0.29, 0.717) is 22.9 Å². The summed E-state index contributed by atoms with van der Waals surface area (Å²) >= 11 is 0. The molecular formula is C22H18N2O4. The second-order valence-corrected chi connectivity index (χ2v) is 6.53. The molecule has 28 heavy (non-hydrogen) atoms. The molecule has 1 atom stereocenters. The fourth-order valence-corrected chi connectivity index (χ4v) is 2.99. The van der Waals surface area contributed by atoms with E-state index in [1.54, 1.807) is 30.3 Å². The number of hydrogen-bond acceptors (Lipinski definition) is 5. The number of fused-ring (bicyclic) bond motifs is 1. The van der Waals surface area contributed by atoms with E-state index < -0.39 is 12.1 Å². The van der Waals surface area contributed by atoms with E-state index in [4.69, 9.17) is 9.47 Å². The van der Waals surface area contributed by atoms with Gasteiger partial charge >= 0.3 is 5.97 Å². The highest BCUT2D eigenvalue weighted by atomic mass is 16.5. The lowest BCUT2D eigenvalue weighted by atomic mass is 10.0. The van der Waals surface area contributed by atoms with Crippen molar-refractivity contribution in [2.45, 2.75) is 19.4 Å². The van der Waals surface area contributed by atoms with Crippen LogP contribution >= 0.6 is 0 Å². The van der Waals surface area contributed by atoms with Gasteiger partial charge in [-0.3, -0.25) is 4.79 Å². The van der Waals surface area contributed by atoms with Crippen LogP contribution in [0.25, 0.3) is 0 Å². The van der Waals surface area contributed by atoms with Crippen LogP contribution in [0.4, 0.5) is 5.69 Å². The minimum absolute atomic E-state index is 0.0460. The van der Waals surface area contributed by atoms with E-state index in [9.17, 15) is 9.59 Å². The number of esters is 1. The molecule has 0 saturated carbocycles. The Morgan fingerprint density at radius 2 is 1.89 bits per heavy atom. The Balaban J connectivity index is 1.36. The smallest absolute Gasteiger partial charge is 0.339 e. The molecule has 140 valence electrons. The molecule has 6 heteroatoms. The number of carbonyl (C=O) groups is 2. The summed E-state index contributed by atoms with van der Waals surface area (Å²) in [6, 6.07) is 18.1. The van der Waals surface area contributed by atoms with E-state index in [1.807, 2.05) is 37.3 Å². The van der Waals surface area contributed by atoms with Crippen molar-refractivity contribution >= 4 is 17.6 Å². The Hall–Kier alpha value is -3.67. The van der Waals surface area contributed by atoms with E-state index in [0.717, 1.165) is 11.1 Å². The molecule has 1 aromatic heterocycles. The highest BCUT2D eigenvalue weighted by molar-refractivity contribution is 5.96. The van der Waals surface area contributed by atoms with Crippen LogP contribution in [0.15, 0.2) is 66.9 Å². The number of aromatic nitrogens is 1.